The summed E-state index contributed by atoms with van der Waals surface area (Å²) in [5.74, 6) is -3.00. The normalized spacial score (nSPS) is 21.7. The number of ketones is 1. The third-order valence-electron chi connectivity index (χ3n) is 8.82. The number of benzene rings is 3. The Labute approximate surface area is 261 Å². The Morgan fingerprint density at radius 3 is 2.24 bits per heavy atom. The van der Waals surface area contributed by atoms with Crippen LogP contribution >= 0.6 is 0 Å². The van der Waals surface area contributed by atoms with E-state index in [0.717, 1.165) is 22.4 Å². The predicted molar refractivity (Wildman–Crippen MR) is 169 cm³/mol. The molecule has 234 valence electrons. The van der Waals surface area contributed by atoms with Crippen molar-refractivity contribution in [1.82, 2.24) is 10.2 Å². The Morgan fingerprint density at radius 1 is 0.844 bits per heavy atom. The van der Waals surface area contributed by atoms with Crippen molar-refractivity contribution in [3.8, 4) is 0 Å². The number of carbonyl (C=O) groups excluding carboxylic acids is 3. The van der Waals surface area contributed by atoms with E-state index in [9.17, 15) is 24.3 Å². The van der Waals surface area contributed by atoms with Crippen molar-refractivity contribution in [1.29, 1.82) is 0 Å². The molecule has 11 heteroatoms. The number of morpholine rings is 1. The second-order valence-electron chi connectivity index (χ2n) is 11.7. The summed E-state index contributed by atoms with van der Waals surface area (Å²) in [6, 6.07) is 21.6. The first-order valence-electron chi connectivity index (χ1n) is 15.3. The first kappa shape index (κ1) is 30.4. The second-order valence-corrected chi connectivity index (χ2v) is 11.7. The fraction of sp³-hybridized carbons (Fsp3) is 0.353. The molecule has 0 bridgehead atoms. The van der Waals surface area contributed by atoms with Crippen molar-refractivity contribution in [3.05, 3.63) is 89.5 Å². The van der Waals surface area contributed by atoms with Gasteiger partial charge in [0, 0.05) is 55.7 Å². The molecule has 0 aromatic heterocycles. The first-order valence-corrected chi connectivity index (χ1v) is 15.3. The van der Waals surface area contributed by atoms with E-state index in [1.807, 2.05) is 53.4 Å². The number of nitrogens with zero attached hydrogens (tertiary/aromatic N) is 1. The van der Waals surface area contributed by atoms with Crippen molar-refractivity contribution in [3.63, 3.8) is 0 Å². The number of hydrogen-bond donors (Lipinski definition) is 5. The largest absolute Gasteiger partial charge is 0.481 e. The van der Waals surface area contributed by atoms with Crippen molar-refractivity contribution in [2.75, 3.05) is 61.9 Å². The van der Waals surface area contributed by atoms with Crippen LogP contribution in [0.5, 0.6) is 0 Å². The topological polar surface area (TPSA) is 149 Å². The van der Waals surface area contributed by atoms with Crippen molar-refractivity contribution in [2.45, 2.75) is 18.4 Å². The molecule has 11 nitrogen and oxygen atoms in total. The van der Waals surface area contributed by atoms with E-state index in [2.05, 4.69) is 21.3 Å². The minimum Gasteiger partial charge on any atom is -0.481 e. The number of nitrogens with one attached hydrogen (secondary N) is 4. The molecule has 2 saturated heterocycles. The van der Waals surface area contributed by atoms with Crippen LogP contribution in [-0.4, -0.2) is 79.5 Å². The van der Waals surface area contributed by atoms with Crippen LogP contribution in [0.2, 0.25) is 0 Å². The van der Waals surface area contributed by atoms with E-state index >= 15 is 0 Å². The summed E-state index contributed by atoms with van der Waals surface area (Å²) in [4.78, 5) is 53.3. The fourth-order valence-corrected chi connectivity index (χ4v) is 6.42. The predicted octanol–water partition coefficient (Wildman–Crippen LogP) is 2.88. The quantitative estimate of drug-likeness (QED) is 0.233. The van der Waals surface area contributed by atoms with Gasteiger partial charge in [0.25, 0.3) is 0 Å². The highest BCUT2D eigenvalue weighted by Crippen LogP contribution is 2.33. The molecule has 5 N–H and O–H groups in total. The summed E-state index contributed by atoms with van der Waals surface area (Å²) in [7, 11) is 0. The highest BCUT2D eigenvalue weighted by molar-refractivity contribution is 5.98. The van der Waals surface area contributed by atoms with Crippen LogP contribution in [0, 0.1) is 11.8 Å². The molecular weight excluding hydrogens is 574 g/mol. The number of ether oxygens (including phenoxy) is 1. The van der Waals surface area contributed by atoms with Gasteiger partial charge in [-0.2, -0.15) is 0 Å². The smallest absolute Gasteiger partial charge is 0.308 e. The zero-order valence-corrected chi connectivity index (χ0v) is 24.8. The van der Waals surface area contributed by atoms with Gasteiger partial charge in [0.05, 0.1) is 37.5 Å². The Kier molecular flexibility index (Phi) is 9.20. The Hall–Kier alpha value is -4.58. The molecule has 0 spiro atoms. The molecular formula is C34H37N5O6. The molecule has 45 heavy (non-hydrogen) atoms. The molecule has 4 atom stereocenters. The molecule has 3 aliphatic heterocycles. The van der Waals surface area contributed by atoms with E-state index in [4.69, 9.17) is 4.74 Å². The van der Waals surface area contributed by atoms with Crippen LogP contribution in [0.1, 0.15) is 28.7 Å². The maximum absolute atomic E-state index is 13.7. The highest BCUT2D eigenvalue weighted by atomic mass is 16.5. The lowest BCUT2D eigenvalue weighted by molar-refractivity contribution is -0.146. The zero-order chi connectivity index (χ0) is 31.3. The molecule has 3 aromatic carbocycles. The number of carbonyl (C=O) groups is 4. The minimum atomic E-state index is -0.968. The number of para-hydroxylation sites is 1. The summed E-state index contributed by atoms with van der Waals surface area (Å²) in [6.07, 6.45) is 0.149. The average Bonchev–Trinajstić information content (AvgIpc) is 3.72. The van der Waals surface area contributed by atoms with E-state index in [1.54, 1.807) is 24.3 Å². The molecule has 0 saturated carbocycles. The first-order chi connectivity index (χ1) is 21.9. The van der Waals surface area contributed by atoms with Gasteiger partial charge in [-0.1, -0.05) is 42.5 Å². The van der Waals surface area contributed by atoms with Gasteiger partial charge in [-0.15, -0.1) is 0 Å². The highest BCUT2D eigenvalue weighted by Gasteiger charge is 2.42. The van der Waals surface area contributed by atoms with Gasteiger partial charge in [0.15, 0.2) is 5.78 Å². The number of aliphatic carboxylic acids is 1. The Balaban J connectivity index is 1.06. The molecule has 3 heterocycles. The van der Waals surface area contributed by atoms with Crippen LogP contribution in [0.3, 0.4) is 0 Å². The van der Waals surface area contributed by atoms with Crippen LogP contribution in [0.25, 0.3) is 0 Å². The lowest BCUT2D eigenvalue weighted by Gasteiger charge is -2.35. The third-order valence-corrected chi connectivity index (χ3v) is 8.82. The Morgan fingerprint density at radius 2 is 1.51 bits per heavy atom. The van der Waals surface area contributed by atoms with Crippen LogP contribution < -0.4 is 21.3 Å². The maximum Gasteiger partial charge on any atom is 0.308 e. The number of amides is 2. The molecule has 0 aliphatic carbocycles. The summed E-state index contributed by atoms with van der Waals surface area (Å²) in [5.41, 5.74) is 4.78. The number of fused-ring (bicyclic) bond motifs is 1. The van der Waals surface area contributed by atoms with Gasteiger partial charge in [-0.05, 0) is 47.0 Å². The molecule has 6 rings (SSSR count). The fourth-order valence-electron chi connectivity index (χ4n) is 6.42. The van der Waals surface area contributed by atoms with Gasteiger partial charge in [0.2, 0.25) is 11.8 Å². The Bertz CT molecular complexity index is 1550. The van der Waals surface area contributed by atoms with Gasteiger partial charge >= 0.3 is 5.97 Å². The van der Waals surface area contributed by atoms with Crippen LogP contribution in [-0.2, 0) is 30.3 Å². The van der Waals surface area contributed by atoms with E-state index in [0.29, 0.717) is 50.8 Å². The molecule has 0 radical (unpaired) electrons. The number of anilines is 3. The third kappa shape index (κ3) is 6.90. The summed E-state index contributed by atoms with van der Waals surface area (Å²) in [5, 5.41) is 21.9. The van der Waals surface area contributed by atoms with E-state index in [-0.39, 0.29) is 36.5 Å². The van der Waals surface area contributed by atoms with Gasteiger partial charge in [-0.25, -0.2) is 0 Å². The molecule has 2 fully saturated rings. The number of carboxylic acids is 1. The van der Waals surface area contributed by atoms with Crippen molar-refractivity contribution in [2.24, 2.45) is 11.8 Å². The van der Waals surface area contributed by atoms with Crippen molar-refractivity contribution >= 4 is 40.6 Å². The van der Waals surface area contributed by atoms with Crippen molar-refractivity contribution < 1.29 is 29.0 Å². The number of hydrogen-bond acceptors (Lipinski definition) is 8. The minimum absolute atomic E-state index is 0.0828. The van der Waals surface area contributed by atoms with Crippen LogP contribution in [0.15, 0.2) is 72.8 Å². The lowest BCUT2D eigenvalue weighted by atomic mass is 9.85. The summed E-state index contributed by atoms with van der Waals surface area (Å²) < 4.78 is 5.49. The zero-order valence-electron chi connectivity index (χ0n) is 24.8. The summed E-state index contributed by atoms with van der Waals surface area (Å²) >= 11 is 0. The summed E-state index contributed by atoms with van der Waals surface area (Å²) in [6.45, 7) is 3.31. The van der Waals surface area contributed by atoms with Crippen LogP contribution in [0.4, 0.5) is 17.1 Å². The second kappa shape index (κ2) is 13.6. The van der Waals surface area contributed by atoms with E-state index < -0.39 is 23.8 Å². The standard InChI is InChI=1S/C34H37N5O6/c40-30(17-21-5-9-24(10-6-21)38-33(42)27-20-36-29-4-2-1-3-25(27)29)37-23-11-7-22(8-12-23)31(39-13-15-45-16-14-39)32(41)26-18-35-19-28(26)34(43)44/h1-12,26-28,31,35-36H,13-20H2,(H,37,40)(H,38,42)(H,43,44). The number of Topliss-reactive ketones (excluding diaryl/α,β-unsaturated/α-hetero) is 1. The van der Waals surface area contributed by atoms with Gasteiger partial charge in [-0.3, -0.25) is 24.1 Å². The van der Waals surface area contributed by atoms with Gasteiger partial charge < -0.3 is 31.1 Å². The van der Waals surface area contributed by atoms with Gasteiger partial charge in [0.1, 0.15) is 0 Å². The van der Waals surface area contributed by atoms with E-state index in [1.165, 1.54) is 0 Å². The SMILES string of the molecule is O=C(Cc1ccc(NC(=O)C2CNc3ccccc32)cc1)Nc1ccc(C(C(=O)C2CNCC2C(=O)O)N2CCOCC2)cc1. The monoisotopic (exact) mass is 611 g/mol. The molecule has 2 amide bonds. The lowest BCUT2D eigenvalue weighted by Crippen LogP contribution is -2.45. The number of rotatable bonds is 10. The molecule has 3 aromatic rings. The average molecular weight is 612 g/mol. The molecule has 4 unspecified atom stereocenters. The maximum atomic E-state index is 13.7. The number of carboxylic acid groups (broad SMARTS) is 1. The molecule has 3 aliphatic rings.